The summed E-state index contributed by atoms with van der Waals surface area (Å²) in [4.78, 5) is 2.47. The molecule has 0 spiro atoms. The Hall–Kier alpha value is -0.120. The molecule has 1 aliphatic heterocycles. The molecular formula is C11H23NO2. The monoisotopic (exact) mass is 201 g/mol. The zero-order chi connectivity index (χ0) is 10.2. The van der Waals surface area contributed by atoms with Crippen LogP contribution in [0.2, 0.25) is 0 Å². The summed E-state index contributed by atoms with van der Waals surface area (Å²) >= 11 is 0. The summed E-state index contributed by atoms with van der Waals surface area (Å²) < 4.78 is 5.65. The highest BCUT2D eigenvalue weighted by molar-refractivity contribution is 4.71. The number of hydrogen-bond donors (Lipinski definition) is 1. The van der Waals surface area contributed by atoms with Gasteiger partial charge in [-0.3, -0.25) is 0 Å². The predicted octanol–water partition coefficient (Wildman–Crippen LogP) is 1.26. The fourth-order valence-corrected chi connectivity index (χ4v) is 2.04. The number of nitrogens with zero attached hydrogens (tertiary/aromatic N) is 1. The van der Waals surface area contributed by atoms with Gasteiger partial charge in [0.15, 0.2) is 0 Å². The van der Waals surface area contributed by atoms with Gasteiger partial charge in [0.1, 0.15) is 0 Å². The summed E-state index contributed by atoms with van der Waals surface area (Å²) in [5, 5.41) is 8.78. The zero-order valence-electron chi connectivity index (χ0n) is 9.24. The van der Waals surface area contributed by atoms with Crippen molar-refractivity contribution in [3.63, 3.8) is 0 Å². The maximum absolute atomic E-state index is 8.78. The first-order chi connectivity index (χ1) is 6.86. The van der Waals surface area contributed by atoms with Crippen LogP contribution in [0.3, 0.4) is 0 Å². The average Bonchev–Trinajstić information content (AvgIpc) is 2.67. The third-order valence-electron chi connectivity index (χ3n) is 2.75. The third-order valence-corrected chi connectivity index (χ3v) is 2.75. The fraction of sp³-hybridized carbons (Fsp3) is 1.00. The first-order valence-electron chi connectivity index (χ1n) is 5.81. The fourth-order valence-electron chi connectivity index (χ4n) is 2.04. The average molecular weight is 201 g/mol. The lowest BCUT2D eigenvalue weighted by Gasteiger charge is -2.23. The van der Waals surface area contributed by atoms with Crippen molar-refractivity contribution in [2.75, 3.05) is 32.8 Å². The molecule has 1 aliphatic rings. The standard InChI is InChI=1S/C11H23NO2/c1-2-14-11(6-5-9-13)10-12-7-3-4-8-12/h11,13H,2-10H2,1H3. The SMILES string of the molecule is CCOC(CCCO)CN1CCCC1. The zero-order valence-corrected chi connectivity index (χ0v) is 9.24. The second-order valence-corrected chi connectivity index (χ2v) is 3.95. The van der Waals surface area contributed by atoms with E-state index in [1.165, 1.54) is 25.9 Å². The van der Waals surface area contributed by atoms with Crippen molar-refractivity contribution in [2.45, 2.75) is 38.7 Å². The summed E-state index contributed by atoms with van der Waals surface area (Å²) in [7, 11) is 0. The van der Waals surface area contributed by atoms with Crippen LogP contribution >= 0.6 is 0 Å². The summed E-state index contributed by atoms with van der Waals surface area (Å²) in [5.74, 6) is 0. The summed E-state index contributed by atoms with van der Waals surface area (Å²) in [6, 6.07) is 0. The molecule has 0 saturated carbocycles. The van der Waals surface area contributed by atoms with Crippen LogP contribution in [-0.2, 0) is 4.74 Å². The molecule has 0 aromatic heterocycles. The van der Waals surface area contributed by atoms with Gasteiger partial charge in [0.25, 0.3) is 0 Å². The molecular weight excluding hydrogens is 178 g/mol. The van der Waals surface area contributed by atoms with Gasteiger partial charge in [-0.15, -0.1) is 0 Å². The van der Waals surface area contributed by atoms with Crippen molar-refractivity contribution in [1.82, 2.24) is 4.90 Å². The Balaban J connectivity index is 2.18. The van der Waals surface area contributed by atoms with Gasteiger partial charge in [0.05, 0.1) is 6.10 Å². The molecule has 1 unspecified atom stereocenters. The van der Waals surface area contributed by atoms with Gasteiger partial charge in [-0.05, 0) is 45.7 Å². The van der Waals surface area contributed by atoms with Crippen LogP contribution in [0, 0.1) is 0 Å². The molecule has 1 fully saturated rings. The van der Waals surface area contributed by atoms with Gasteiger partial charge in [0, 0.05) is 19.8 Å². The van der Waals surface area contributed by atoms with Crippen LogP contribution in [0.25, 0.3) is 0 Å². The second-order valence-electron chi connectivity index (χ2n) is 3.95. The highest BCUT2D eigenvalue weighted by atomic mass is 16.5. The Morgan fingerprint density at radius 3 is 2.64 bits per heavy atom. The van der Waals surface area contributed by atoms with E-state index in [-0.39, 0.29) is 6.61 Å². The van der Waals surface area contributed by atoms with Crippen LogP contribution in [0.4, 0.5) is 0 Å². The Bertz CT molecular complexity index is 135. The normalized spacial score (nSPS) is 20.1. The molecule has 0 radical (unpaired) electrons. The maximum Gasteiger partial charge on any atom is 0.0702 e. The highest BCUT2D eigenvalue weighted by Gasteiger charge is 2.17. The molecule has 1 atom stereocenters. The van der Waals surface area contributed by atoms with Gasteiger partial charge in [-0.2, -0.15) is 0 Å². The van der Waals surface area contributed by atoms with Gasteiger partial charge >= 0.3 is 0 Å². The summed E-state index contributed by atoms with van der Waals surface area (Å²) in [6.45, 7) is 6.60. The van der Waals surface area contributed by atoms with E-state index in [1.54, 1.807) is 0 Å². The van der Waals surface area contributed by atoms with Crippen LogP contribution in [-0.4, -0.2) is 49.0 Å². The molecule has 1 saturated heterocycles. The Morgan fingerprint density at radius 2 is 2.07 bits per heavy atom. The first-order valence-corrected chi connectivity index (χ1v) is 5.81. The van der Waals surface area contributed by atoms with E-state index in [4.69, 9.17) is 9.84 Å². The number of aliphatic hydroxyl groups is 1. The Kier molecular flexibility index (Phi) is 6.15. The lowest BCUT2D eigenvalue weighted by Crippen LogP contribution is -2.32. The third kappa shape index (κ3) is 4.40. The topological polar surface area (TPSA) is 32.7 Å². The van der Waals surface area contributed by atoms with E-state index in [1.807, 2.05) is 6.92 Å². The van der Waals surface area contributed by atoms with Gasteiger partial charge in [0.2, 0.25) is 0 Å². The van der Waals surface area contributed by atoms with Gasteiger partial charge in [-0.25, -0.2) is 0 Å². The molecule has 1 N–H and O–H groups in total. The van der Waals surface area contributed by atoms with E-state index in [2.05, 4.69) is 4.90 Å². The quantitative estimate of drug-likeness (QED) is 0.673. The minimum atomic E-state index is 0.281. The number of likely N-dealkylation sites (tertiary alicyclic amines) is 1. The van der Waals surface area contributed by atoms with Crippen molar-refractivity contribution >= 4 is 0 Å². The van der Waals surface area contributed by atoms with Gasteiger partial charge < -0.3 is 14.7 Å². The van der Waals surface area contributed by atoms with Crippen molar-refractivity contribution in [2.24, 2.45) is 0 Å². The molecule has 0 aromatic carbocycles. The highest BCUT2D eigenvalue weighted by Crippen LogP contribution is 2.11. The number of ether oxygens (including phenoxy) is 1. The lowest BCUT2D eigenvalue weighted by atomic mass is 10.2. The molecule has 84 valence electrons. The lowest BCUT2D eigenvalue weighted by molar-refractivity contribution is 0.0292. The smallest absolute Gasteiger partial charge is 0.0702 e. The maximum atomic E-state index is 8.78. The van der Waals surface area contributed by atoms with Crippen LogP contribution in [0.15, 0.2) is 0 Å². The van der Waals surface area contributed by atoms with Crippen molar-refractivity contribution in [1.29, 1.82) is 0 Å². The number of aliphatic hydroxyl groups excluding tert-OH is 1. The van der Waals surface area contributed by atoms with Crippen molar-refractivity contribution < 1.29 is 9.84 Å². The minimum Gasteiger partial charge on any atom is -0.396 e. The second kappa shape index (κ2) is 7.21. The Morgan fingerprint density at radius 1 is 1.36 bits per heavy atom. The van der Waals surface area contributed by atoms with E-state index in [0.717, 1.165) is 26.0 Å². The molecule has 3 heteroatoms. The minimum absolute atomic E-state index is 0.281. The number of rotatable bonds is 7. The molecule has 0 aromatic rings. The van der Waals surface area contributed by atoms with E-state index in [0.29, 0.717) is 6.10 Å². The molecule has 3 nitrogen and oxygen atoms in total. The summed E-state index contributed by atoms with van der Waals surface area (Å²) in [6.07, 6.45) is 4.84. The van der Waals surface area contributed by atoms with Crippen molar-refractivity contribution in [3.8, 4) is 0 Å². The predicted molar refractivity (Wildman–Crippen MR) is 57.4 cm³/mol. The van der Waals surface area contributed by atoms with Gasteiger partial charge in [-0.1, -0.05) is 0 Å². The Labute approximate surface area is 87.1 Å². The first kappa shape index (κ1) is 12.0. The largest absolute Gasteiger partial charge is 0.396 e. The molecule has 0 bridgehead atoms. The summed E-state index contributed by atoms with van der Waals surface area (Å²) in [5.41, 5.74) is 0. The van der Waals surface area contributed by atoms with E-state index >= 15 is 0 Å². The molecule has 0 amide bonds. The van der Waals surface area contributed by atoms with Crippen LogP contribution in [0.1, 0.15) is 32.6 Å². The number of hydrogen-bond acceptors (Lipinski definition) is 3. The molecule has 1 rings (SSSR count). The van der Waals surface area contributed by atoms with Crippen LogP contribution < -0.4 is 0 Å². The van der Waals surface area contributed by atoms with Crippen LogP contribution in [0.5, 0.6) is 0 Å². The molecule has 14 heavy (non-hydrogen) atoms. The van der Waals surface area contributed by atoms with E-state index in [9.17, 15) is 0 Å². The molecule has 0 aliphatic carbocycles. The van der Waals surface area contributed by atoms with E-state index < -0.39 is 0 Å². The molecule has 1 heterocycles. The van der Waals surface area contributed by atoms with Crippen molar-refractivity contribution in [3.05, 3.63) is 0 Å².